The fourth-order valence-electron chi connectivity index (χ4n) is 2.73. The Morgan fingerprint density at radius 1 is 1.32 bits per heavy atom. The second-order valence-electron chi connectivity index (χ2n) is 5.62. The maximum atomic E-state index is 6.03. The molecule has 3 rings (SSSR count). The Morgan fingerprint density at radius 2 is 2.18 bits per heavy atom. The van der Waals surface area contributed by atoms with E-state index in [2.05, 4.69) is 21.9 Å². The van der Waals surface area contributed by atoms with Gasteiger partial charge in [0, 0.05) is 6.61 Å². The van der Waals surface area contributed by atoms with Gasteiger partial charge < -0.3 is 15.2 Å². The van der Waals surface area contributed by atoms with Crippen LogP contribution in [0.25, 0.3) is 11.2 Å². The van der Waals surface area contributed by atoms with Crippen molar-refractivity contribution in [3.8, 4) is 6.01 Å². The van der Waals surface area contributed by atoms with Crippen LogP contribution in [0.2, 0.25) is 0 Å². The van der Waals surface area contributed by atoms with Crippen LogP contribution in [0.5, 0.6) is 6.01 Å². The van der Waals surface area contributed by atoms with Crippen LogP contribution in [0.1, 0.15) is 51.1 Å². The molecule has 0 radical (unpaired) electrons. The van der Waals surface area contributed by atoms with Gasteiger partial charge in [-0.1, -0.05) is 13.3 Å². The van der Waals surface area contributed by atoms with Gasteiger partial charge in [0.25, 0.3) is 0 Å². The van der Waals surface area contributed by atoms with Crippen molar-refractivity contribution in [1.82, 2.24) is 19.5 Å². The molecule has 120 valence electrons. The lowest BCUT2D eigenvalue weighted by atomic mass is 10.2. The molecule has 2 N–H and O–H groups in total. The molecule has 7 heteroatoms. The van der Waals surface area contributed by atoms with E-state index in [0.717, 1.165) is 44.5 Å². The summed E-state index contributed by atoms with van der Waals surface area (Å²) in [5.41, 5.74) is 7.34. The highest BCUT2D eigenvalue weighted by molar-refractivity contribution is 5.82. The second-order valence-corrected chi connectivity index (χ2v) is 5.62. The van der Waals surface area contributed by atoms with Crippen LogP contribution in [0, 0.1) is 6.92 Å². The first-order chi connectivity index (χ1) is 10.7. The Bertz CT molecular complexity index is 649. The monoisotopic (exact) mass is 305 g/mol. The second kappa shape index (κ2) is 6.48. The maximum Gasteiger partial charge on any atom is 0.320 e. The Labute approximate surface area is 129 Å². The summed E-state index contributed by atoms with van der Waals surface area (Å²) in [6.45, 7) is 5.41. The lowest BCUT2D eigenvalue weighted by Gasteiger charge is -2.25. The average molecular weight is 305 g/mol. The normalized spacial score (nSPS) is 18.7. The summed E-state index contributed by atoms with van der Waals surface area (Å²) in [6, 6.07) is 0.315. The molecule has 1 fully saturated rings. The first kappa shape index (κ1) is 15.0. The van der Waals surface area contributed by atoms with Crippen molar-refractivity contribution in [2.24, 2.45) is 0 Å². The largest absolute Gasteiger partial charge is 0.463 e. The number of nitrogen functional groups attached to an aromatic ring is 1. The number of rotatable bonds is 5. The van der Waals surface area contributed by atoms with Crippen LogP contribution in [0.15, 0.2) is 0 Å². The van der Waals surface area contributed by atoms with Crippen LogP contribution < -0.4 is 10.5 Å². The number of nitrogens with two attached hydrogens (primary N) is 1. The Balaban J connectivity index is 1.98. The molecule has 0 bridgehead atoms. The third-order valence-electron chi connectivity index (χ3n) is 3.90. The smallest absolute Gasteiger partial charge is 0.320 e. The molecule has 1 aliphatic rings. The first-order valence-corrected chi connectivity index (χ1v) is 7.97. The predicted octanol–water partition coefficient (Wildman–Crippen LogP) is 2.59. The molecule has 1 aliphatic heterocycles. The van der Waals surface area contributed by atoms with Crippen LogP contribution >= 0.6 is 0 Å². The fourth-order valence-corrected chi connectivity index (χ4v) is 2.73. The highest BCUT2D eigenvalue weighted by Crippen LogP contribution is 2.29. The Hall–Kier alpha value is -1.89. The number of anilines is 1. The van der Waals surface area contributed by atoms with E-state index >= 15 is 0 Å². The van der Waals surface area contributed by atoms with Gasteiger partial charge >= 0.3 is 6.01 Å². The molecule has 1 saturated heterocycles. The van der Waals surface area contributed by atoms with Crippen molar-refractivity contribution < 1.29 is 9.47 Å². The van der Waals surface area contributed by atoms with Crippen molar-refractivity contribution in [2.75, 3.05) is 18.9 Å². The van der Waals surface area contributed by atoms with E-state index in [1.807, 2.05) is 11.5 Å². The lowest BCUT2D eigenvalue weighted by Crippen LogP contribution is -2.19. The van der Waals surface area contributed by atoms with Gasteiger partial charge in [0.1, 0.15) is 12.1 Å². The molecule has 0 spiro atoms. The molecular formula is C15H23N5O2. The molecule has 0 saturated carbocycles. The zero-order valence-electron chi connectivity index (χ0n) is 13.2. The first-order valence-electron chi connectivity index (χ1n) is 7.97. The minimum absolute atomic E-state index is 0.0310. The quantitative estimate of drug-likeness (QED) is 0.854. The van der Waals surface area contributed by atoms with Gasteiger partial charge in [-0.15, -0.1) is 0 Å². The lowest BCUT2D eigenvalue weighted by molar-refractivity contribution is -0.0309. The van der Waals surface area contributed by atoms with E-state index in [4.69, 9.17) is 15.2 Å². The van der Waals surface area contributed by atoms with Crippen molar-refractivity contribution in [3.05, 3.63) is 5.82 Å². The highest BCUT2D eigenvalue weighted by Gasteiger charge is 2.23. The van der Waals surface area contributed by atoms with Gasteiger partial charge in [-0.05, 0) is 32.6 Å². The number of aryl methyl sites for hydroxylation is 1. The molecule has 0 aliphatic carbocycles. The molecule has 22 heavy (non-hydrogen) atoms. The van der Waals surface area contributed by atoms with Crippen LogP contribution in [-0.4, -0.2) is 32.7 Å². The van der Waals surface area contributed by atoms with E-state index in [1.54, 1.807) is 0 Å². The van der Waals surface area contributed by atoms with Gasteiger partial charge in [-0.25, -0.2) is 4.98 Å². The number of nitrogens with zero attached hydrogens (tertiary/aromatic N) is 4. The standard InChI is InChI=1S/C15H23N5O2/c1-3-4-8-22-15-18-13(16)12-14(19-15)20(10(2)17-12)11-7-5-6-9-21-11/h11H,3-9H2,1-2H3,(H2,16,18,19). The molecule has 3 heterocycles. The van der Waals surface area contributed by atoms with Crippen LogP contribution in [-0.2, 0) is 4.74 Å². The zero-order chi connectivity index (χ0) is 15.5. The molecule has 1 unspecified atom stereocenters. The third kappa shape index (κ3) is 2.85. The van der Waals surface area contributed by atoms with E-state index in [0.29, 0.717) is 29.6 Å². The minimum Gasteiger partial charge on any atom is -0.463 e. The molecule has 1 atom stereocenters. The Morgan fingerprint density at radius 3 is 2.91 bits per heavy atom. The molecule has 7 nitrogen and oxygen atoms in total. The van der Waals surface area contributed by atoms with Crippen LogP contribution in [0.3, 0.4) is 0 Å². The van der Waals surface area contributed by atoms with Gasteiger partial charge in [0.15, 0.2) is 17.0 Å². The number of unbranched alkanes of at least 4 members (excludes halogenated alkanes) is 1. The molecular weight excluding hydrogens is 282 g/mol. The molecule has 2 aromatic rings. The van der Waals surface area contributed by atoms with Crippen molar-refractivity contribution in [1.29, 1.82) is 0 Å². The average Bonchev–Trinajstić information content (AvgIpc) is 2.85. The Kier molecular flexibility index (Phi) is 4.42. The van der Waals surface area contributed by atoms with E-state index < -0.39 is 0 Å². The number of hydrogen-bond donors (Lipinski definition) is 1. The number of imidazole rings is 1. The highest BCUT2D eigenvalue weighted by atomic mass is 16.5. The molecule has 0 aromatic carbocycles. The number of hydrogen-bond acceptors (Lipinski definition) is 6. The number of aromatic nitrogens is 4. The molecule has 0 amide bonds. The van der Waals surface area contributed by atoms with E-state index in [-0.39, 0.29) is 6.23 Å². The van der Waals surface area contributed by atoms with Gasteiger partial charge in [0.2, 0.25) is 0 Å². The minimum atomic E-state index is -0.0310. The van der Waals surface area contributed by atoms with Gasteiger partial charge in [0.05, 0.1) is 6.61 Å². The zero-order valence-corrected chi connectivity index (χ0v) is 13.2. The fraction of sp³-hybridized carbons (Fsp3) is 0.667. The summed E-state index contributed by atoms with van der Waals surface area (Å²) in [6.07, 6.45) is 5.20. The van der Waals surface area contributed by atoms with Gasteiger partial charge in [-0.3, -0.25) is 4.57 Å². The topological polar surface area (TPSA) is 88.1 Å². The summed E-state index contributed by atoms with van der Waals surface area (Å²) < 4.78 is 13.5. The number of ether oxygens (including phenoxy) is 2. The van der Waals surface area contributed by atoms with Crippen molar-refractivity contribution >= 4 is 17.0 Å². The summed E-state index contributed by atoms with van der Waals surface area (Å²) in [5, 5.41) is 0. The van der Waals surface area contributed by atoms with Crippen molar-refractivity contribution in [3.63, 3.8) is 0 Å². The summed E-state index contributed by atoms with van der Waals surface area (Å²) in [4.78, 5) is 13.2. The van der Waals surface area contributed by atoms with Crippen molar-refractivity contribution in [2.45, 2.75) is 52.2 Å². The molecule has 2 aromatic heterocycles. The summed E-state index contributed by atoms with van der Waals surface area (Å²) >= 11 is 0. The van der Waals surface area contributed by atoms with Crippen LogP contribution in [0.4, 0.5) is 5.82 Å². The summed E-state index contributed by atoms with van der Waals surface area (Å²) in [5.74, 6) is 1.20. The van der Waals surface area contributed by atoms with E-state index in [9.17, 15) is 0 Å². The maximum absolute atomic E-state index is 6.03. The van der Waals surface area contributed by atoms with E-state index in [1.165, 1.54) is 0 Å². The third-order valence-corrected chi connectivity index (χ3v) is 3.90. The number of fused-ring (bicyclic) bond motifs is 1. The SMILES string of the molecule is CCCCOc1nc(N)c2nc(C)n(C3CCCCO3)c2n1. The predicted molar refractivity (Wildman–Crippen MR) is 83.7 cm³/mol. The summed E-state index contributed by atoms with van der Waals surface area (Å²) in [7, 11) is 0. The van der Waals surface area contributed by atoms with Gasteiger partial charge in [-0.2, -0.15) is 9.97 Å².